The van der Waals surface area contributed by atoms with Crippen molar-refractivity contribution in [3.63, 3.8) is 0 Å². The van der Waals surface area contributed by atoms with Gasteiger partial charge in [0.25, 0.3) is 0 Å². The maximum Gasteiger partial charge on any atom is 0.389 e. The summed E-state index contributed by atoms with van der Waals surface area (Å²) in [5.74, 6) is -0.492. The number of hydrogen-bond acceptors (Lipinski definition) is 3. The van der Waals surface area contributed by atoms with Gasteiger partial charge in [-0.05, 0) is 25.2 Å². The fraction of sp³-hybridized carbons (Fsp3) is 0.769. The van der Waals surface area contributed by atoms with Crippen LogP contribution in [0.5, 0.6) is 0 Å². The van der Waals surface area contributed by atoms with Crippen molar-refractivity contribution >= 4 is 9.84 Å². The van der Waals surface area contributed by atoms with Crippen molar-refractivity contribution in [3.8, 4) is 6.07 Å². The Labute approximate surface area is 117 Å². The van der Waals surface area contributed by atoms with E-state index in [1.165, 1.54) is 12.2 Å². The number of rotatable bonds is 6. The molecule has 20 heavy (non-hydrogen) atoms. The molecule has 0 saturated heterocycles. The zero-order valence-electron chi connectivity index (χ0n) is 11.1. The molecule has 1 unspecified atom stereocenters. The first-order valence-electron chi connectivity index (χ1n) is 6.59. The van der Waals surface area contributed by atoms with E-state index in [1.807, 2.05) is 6.07 Å². The summed E-state index contributed by atoms with van der Waals surface area (Å²) in [6.45, 7) is 0. The number of hydrogen-bond donors (Lipinski definition) is 0. The van der Waals surface area contributed by atoms with Gasteiger partial charge in [0, 0.05) is 6.42 Å². The molecule has 1 saturated carbocycles. The van der Waals surface area contributed by atoms with Crippen LogP contribution in [0.25, 0.3) is 0 Å². The molecule has 114 valence electrons. The zero-order chi connectivity index (χ0) is 15.2. The van der Waals surface area contributed by atoms with Crippen LogP contribution in [-0.4, -0.2) is 25.6 Å². The molecule has 1 rings (SSSR count). The van der Waals surface area contributed by atoms with Crippen LogP contribution in [0.2, 0.25) is 0 Å². The second kappa shape index (κ2) is 7.11. The molecule has 3 nitrogen and oxygen atoms in total. The van der Waals surface area contributed by atoms with Crippen molar-refractivity contribution in [1.82, 2.24) is 0 Å². The van der Waals surface area contributed by atoms with E-state index in [0.29, 0.717) is 0 Å². The van der Waals surface area contributed by atoms with Crippen molar-refractivity contribution in [1.29, 1.82) is 5.26 Å². The number of alkyl halides is 3. The summed E-state index contributed by atoms with van der Waals surface area (Å²) in [5.41, 5.74) is 0. The highest BCUT2D eigenvalue weighted by molar-refractivity contribution is 7.92. The molecule has 0 N–H and O–H groups in total. The van der Waals surface area contributed by atoms with Gasteiger partial charge in [0.2, 0.25) is 0 Å². The first kappa shape index (κ1) is 17.0. The SMILES string of the molecule is N#CC(C1CCCC1)S(=O)(=O)CC=CCCC(F)(F)F. The molecule has 0 aromatic carbocycles. The summed E-state index contributed by atoms with van der Waals surface area (Å²) in [4.78, 5) is 0. The largest absolute Gasteiger partial charge is 0.389 e. The normalized spacial score (nSPS) is 19.3. The van der Waals surface area contributed by atoms with E-state index < -0.39 is 27.7 Å². The summed E-state index contributed by atoms with van der Waals surface area (Å²) in [5, 5.41) is 8.00. The van der Waals surface area contributed by atoms with Gasteiger partial charge in [-0.2, -0.15) is 18.4 Å². The molecule has 0 aliphatic heterocycles. The first-order valence-corrected chi connectivity index (χ1v) is 8.31. The minimum absolute atomic E-state index is 0.131. The average molecular weight is 309 g/mol. The summed E-state index contributed by atoms with van der Waals surface area (Å²) in [6.07, 6.45) is 0.328. The maximum atomic E-state index is 12.0. The number of halogens is 3. The molecule has 1 fully saturated rings. The molecule has 0 bridgehead atoms. The third-order valence-electron chi connectivity index (χ3n) is 3.43. The van der Waals surface area contributed by atoms with E-state index in [0.717, 1.165) is 25.7 Å². The molecule has 0 amide bonds. The van der Waals surface area contributed by atoms with Gasteiger partial charge < -0.3 is 0 Å². The highest BCUT2D eigenvalue weighted by Gasteiger charge is 2.34. The van der Waals surface area contributed by atoms with Crippen LogP contribution in [0, 0.1) is 17.2 Å². The van der Waals surface area contributed by atoms with Crippen LogP contribution in [0.15, 0.2) is 12.2 Å². The molecule has 1 aliphatic rings. The van der Waals surface area contributed by atoms with Crippen molar-refractivity contribution in [2.24, 2.45) is 5.92 Å². The van der Waals surface area contributed by atoms with Gasteiger partial charge in [0.1, 0.15) is 0 Å². The minimum Gasteiger partial charge on any atom is -0.227 e. The molecule has 0 heterocycles. The molecule has 7 heteroatoms. The highest BCUT2D eigenvalue weighted by Crippen LogP contribution is 2.31. The van der Waals surface area contributed by atoms with Gasteiger partial charge in [-0.1, -0.05) is 25.0 Å². The quantitative estimate of drug-likeness (QED) is 0.707. The Bertz CT molecular complexity index is 471. The lowest BCUT2D eigenvalue weighted by atomic mass is 10.1. The Morgan fingerprint density at radius 3 is 2.35 bits per heavy atom. The van der Waals surface area contributed by atoms with E-state index in [1.54, 1.807) is 0 Å². The van der Waals surface area contributed by atoms with Gasteiger partial charge in [0.15, 0.2) is 15.1 Å². The molecule has 0 spiro atoms. The lowest BCUT2D eigenvalue weighted by Crippen LogP contribution is -2.28. The third kappa shape index (κ3) is 5.53. The zero-order valence-corrected chi connectivity index (χ0v) is 11.9. The van der Waals surface area contributed by atoms with Crippen LogP contribution in [0.1, 0.15) is 38.5 Å². The van der Waals surface area contributed by atoms with Crippen molar-refractivity contribution in [2.45, 2.75) is 50.0 Å². The number of nitriles is 1. The standard InChI is InChI=1S/C13H18F3NO2S/c14-13(15,16)8-4-1-5-9-20(18,19)12(10-17)11-6-2-3-7-11/h1,5,11-12H,2-4,6-9H2. The Kier molecular flexibility index (Phi) is 6.06. The van der Waals surface area contributed by atoms with E-state index in [-0.39, 0.29) is 18.1 Å². The van der Waals surface area contributed by atoms with Gasteiger partial charge in [-0.25, -0.2) is 8.42 Å². The highest BCUT2D eigenvalue weighted by atomic mass is 32.2. The topological polar surface area (TPSA) is 57.9 Å². The average Bonchev–Trinajstić information content (AvgIpc) is 2.81. The monoisotopic (exact) mass is 309 g/mol. The summed E-state index contributed by atoms with van der Waals surface area (Å²) in [6, 6.07) is 1.85. The summed E-state index contributed by atoms with van der Waals surface area (Å²) < 4.78 is 59.8. The molecule has 1 aliphatic carbocycles. The van der Waals surface area contributed by atoms with Crippen LogP contribution in [0.3, 0.4) is 0 Å². The Balaban J connectivity index is 2.51. The van der Waals surface area contributed by atoms with Gasteiger partial charge >= 0.3 is 6.18 Å². The Hall–Kier alpha value is -1.03. The molecule has 0 aromatic rings. The molecule has 1 atom stereocenters. The fourth-order valence-corrected chi connectivity index (χ4v) is 4.04. The Morgan fingerprint density at radius 1 is 1.25 bits per heavy atom. The van der Waals surface area contributed by atoms with Gasteiger partial charge in [0.05, 0.1) is 11.8 Å². The van der Waals surface area contributed by atoms with Crippen LogP contribution in [0.4, 0.5) is 13.2 Å². The molecular weight excluding hydrogens is 291 g/mol. The number of nitrogens with zero attached hydrogens (tertiary/aromatic N) is 1. The second-order valence-corrected chi connectivity index (χ2v) is 7.22. The van der Waals surface area contributed by atoms with Gasteiger partial charge in [-0.3, -0.25) is 0 Å². The summed E-state index contributed by atoms with van der Waals surface area (Å²) >= 11 is 0. The van der Waals surface area contributed by atoms with E-state index >= 15 is 0 Å². The second-order valence-electron chi connectivity index (χ2n) is 5.05. The predicted molar refractivity (Wildman–Crippen MR) is 69.6 cm³/mol. The van der Waals surface area contributed by atoms with Crippen molar-refractivity contribution in [3.05, 3.63) is 12.2 Å². The third-order valence-corrected chi connectivity index (χ3v) is 5.35. The van der Waals surface area contributed by atoms with E-state index in [9.17, 15) is 21.6 Å². The van der Waals surface area contributed by atoms with E-state index in [4.69, 9.17) is 5.26 Å². The Morgan fingerprint density at radius 2 is 1.85 bits per heavy atom. The first-order chi connectivity index (χ1) is 9.26. The lowest BCUT2D eigenvalue weighted by molar-refractivity contribution is -0.133. The molecule has 0 aromatic heterocycles. The fourth-order valence-electron chi connectivity index (χ4n) is 2.41. The maximum absolute atomic E-state index is 12.0. The van der Waals surface area contributed by atoms with Crippen LogP contribution >= 0.6 is 0 Å². The van der Waals surface area contributed by atoms with Crippen molar-refractivity contribution in [2.75, 3.05) is 5.75 Å². The number of allylic oxidation sites excluding steroid dienone is 1. The summed E-state index contributed by atoms with van der Waals surface area (Å²) in [7, 11) is -3.60. The van der Waals surface area contributed by atoms with Gasteiger partial charge in [-0.15, -0.1) is 0 Å². The predicted octanol–water partition coefficient (Wildman–Crippen LogP) is 3.38. The minimum atomic E-state index is -4.23. The lowest BCUT2D eigenvalue weighted by Gasteiger charge is -2.15. The molecule has 0 radical (unpaired) electrons. The number of sulfone groups is 1. The van der Waals surface area contributed by atoms with Crippen LogP contribution in [-0.2, 0) is 9.84 Å². The van der Waals surface area contributed by atoms with E-state index in [2.05, 4.69) is 0 Å². The van der Waals surface area contributed by atoms with Crippen molar-refractivity contribution < 1.29 is 21.6 Å². The smallest absolute Gasteiger partial charge is 0.227 e. The molecular formula is C13H18F3NO2S. The van der Waals surface area contributed by atoms with Crippen LogP contribution < -0.4 is 0 Å².